The summed E-state index contributed by atoms with van der Waals surface area (Å²) in [7, 11) is 0. The van der Waals surface area contributed by atoms with E-state index in [-0.39, 0.29) is 0 Å². The first-order valence-corrected chi connectivity index (χ1v) is 19.4. The van der Waals surface area contributed by atoms with Crippen LogP contribution in [0.15, 0.2) is 197 Å². The maximum atomic E-state index is 6.60. The molecule has 0 bridgehead atoms. The van der Waals surface area contributed by atoms with Gasteiger partial charge in [-0.05, 0) is 92.3 Å². The predicted molar refractivity (Wildman–Crippen MR) is 237 cm³/mol. The summed E-state index contributed by atoms with van der Waals surface area (Å²) < 4.78 is 12.9. The molecular formula is C53H31N3O2. The summed E-state index contributed by atoms with van der Waals surface area (Å²) in [6, 6.07) is 65.2. The van der Waals surface area contributed by atoms with Crippen molar-refractivity contribution in [2.45, 2.75) is 0 Å². The van der Waals surface area contributed by atoms with Gasteiger partial charge in [-0.1, -0.05) is 140 Å². The van der Waals surface area contributed by atoms with Crippen molar-refractivity contribution in [2.24, 2.45) is 0 Å². The molecule has 0 saturated heterocycles. The highest BCUT2D eigenvalue weighted by Crippen LogP contribution is 2.40. The maximum absolute atomic E-state index is 6.60. The number of nitrogens with zero attached hydrogens (tertiary/aromatic N) is 3. The highest BCUT2D eigenvalue weighted by Gasteiger charge is 2.20. The number of aromatic nitrogens is 3. The van der Waals surface area contributed by atoms with Crippen LogP contribution in [0.25, 0.3) is 122 Å². The van der Waals surface area contributed by atoms with Crippen LogP contribution in [0, 0.1) is 0 Å². The molecule has 58 heavy (non-hydrogen) atoms. The first-order valence-electron chi connectivity index (χ1n) is 19.4. The molecule has 0 unspecified atom stereocenters. The fourth-order valence-corrected chi connectivity index (χ4v) is 8.47. The van der Waals surface area contributed by atoms with Gasteiger partial charge >= 0.3 is 0 Å². The Labute approximate surface area is 332 Å². The van der Waals surface area contributed by atoms with Crippen molar-refractivity contribution in [3.63, 3.8) is 0 Å². The second-order valence-corrected chi connectivity index (χ2v) is 14.8. The van der Waals surface area contributed by atoms with Gasteiger partial charge in [0.05, 0.1) is 0 Å². The van der Waals surface area contributed by atoms with Gasteiger partial charge in [0, 0.05) is 38.2 Å². The van der Waals surface area contributed by atoms with Crippen molar-refractivity contribution in [1.82, 2.24) is 15.0 Å². The van der Waals surface area contributed by atoms with E-state index in [2.05, 4.69) is 158 Å². The molecule has 270 valence electrons. The normalized spacial score (nSPS) is 11.8. The van der Waals surface area contributed by atoms with Crippen LogP contribution in [0.3, 0.4) is 0 Å². The van der Waals surface area contributed by atoms with E-state index < -0.39 is 0 Å². The third-order valence-electron chi connectivity index (χ3n) is 11.3. The number of rotatable bonds is 5. The molecule has 0 spiro atoms. The van der Waals surface area contributed by atoms with E-state index in [0.29, 0.717) is 17.5 Å². The van der Waals surface area contributed by atoms with E-state index in [9.17, 15) is 0 Å². The Hall–Kier alpha value is -7.89. The fraction of sp³-hybridized carbons (Fsp3) is 0. The first kappa shape index (κ1) is 32.4. The van der Waals surface area contributed by atoms with Crippen LogP contribution in [0.4, 0.5) is 0 Å². The molecule has 0 aliphatic rings. The summed E-state index contributed by atoms with van der Waals surface area (Å²) in [6.07, 6.45) is 0. The molecule has 5 heteroatoms. The Balaban J connectivity index is 1.06. The van der Waals surface area contributed by atoms with E-state index in [4.69, 9.17) is 23.8 Å². The second kappa shape index (κ2) is 12.8. The molecule has 12 rings (SSSR count). The summed E-state index contributed by atoms with van der Waals surface area (Å²) in [5.41, 5.74) is 10.4. The third-order valence-corrected chi connectivity index (χ3v) is 11.3. The number of furan rings is 2. The summed E-state index contributed by atoms with van der Waals surface area (Å²) in [5, 5.41) is 8.76. The highest BCUT2D eigenvalue weighted by molar-refractivity contribution is 6.19. The second-order valence-electron chi connectivity index (χ2n) is 14.8. The van der Waals surface area contributed by atoms with Crippen LogP contribution in [-0.2, 0) is 0 Å². The van der Waals surface area contributed by atoms with Gasteiger partial charge in [-0.3, -0.25) is 0 Å². The summed E-state index contributed by atoms with van der Waals surface area (Å²) in [4.78, 5) is 15.7. The maximum Gasteiger partial charge on any atom is 0.164 e. The van der Waals surface area contributed by atoms with E-state index >= 15 is 0 Å². The Morgan fingerprint density at radius 2 is 0.862 bits per heavy atom. The highest BCUT2D eigenvalue weighted by atomic mass is 16.3. The average Bonchev–Trinajstić information content (AvgIpc) is 3.87. The van der Waals surface area contributed by atoms with Gasteiger partial charge in [0.1, 0.15) is 22.3 Å². The van der Waals surface area contributed by atoms with Gasteiger partial charge in [0.25, 0.3) is 0 Å². The topological polar surface area (TPSA) is 65.0 Å². The zero-order valence-corrected chi connectivity index (χ0v) is 31.1. The van der Waals surface area contributed by atoms with Crippen LogP contribution in [-0.4, -0.2) is 15.0 Å². The lowest BCUT2D eigenvalue weighted by molar-refractivity contribution is 0.669. The molecule has 0 aliphatic heterocycles. The van der Waals surface area contributed by atoms with Crippen molar-refractivity contribution >= 4 is 65.4 Å². The van der Waals surface area contributed by atoms with Crippen molar-refractivity contribution in [1.29, 1.82) is 0 Å². The molecule has 12 aromatic rings. The van der Waals surface area contributed by atoms with Crippen LogP contribution < -0.4 is 0 Å². The minimum absolute atomic E-state index is 0.573. The largest absolute Gasteiger partial charge is 0.456 e. The summed E-state index contributed by atoms with van der Waals surface area (Å²) >= 11 is 0. The molecule has 3 heterocycles. The number of fused-ring (bicyclic) bond motifs is 9. The van der Waals surface area contributed by atoms with Crippen LogP contribution in [0.1, 0.15) is 0 Å². The van der Waals surface area contributed by atoms with Gasteiger partial charge in [-0.25, -0.2) is 15.0 Å². The van der Waals surface area contributed by atoms with Crippen molar-refractivity contribution < 1.29 is 8.83 Å². The van der Waals surface area contributed by atoms with Crippen molar-refractivity contribution in [3.05, 3.63) is 188 Å². The number of hydrogen-bond donors (Lipinski definition) is 0. The molecule has 0 aliphatic carbocycles. The number of para-hydroxylation sites is 1. The molecule has 3 aromatic heterocycles. The van der Waals surface area contributed by atoms with E-state index in [0.717, 1.165) is 93.6 Å². The zero-order chi connectivity index (χ0) is 38.2. The lowest BCUT2D eigenvalue weighted by Gasteiger charge is -2.11. The van der Waals surface area contributed by atoms with Gasteiger partial charge in [-0.15, -0.1) is 0 Å². The Kier molecular flexibility index (Phi) is 7.16. The van der Waals surface area contributed by atoms with Crippen molar-refractivity contribution in [3.8, 4) is 56.4 Å². The number of benzene rings is 9. The van der Waals surface area contributed by atoms with Crippen LogP contribution >= 0.6 is 0 Å². The number of hydrogen-bond acceptors (Lipinski definition) is 5. The van der Waals surface area contributed by atoms with Gasteiger partial charge < -0.3 is 8.83 Å². The minimum atomic E-state index is 0.573. The predicted octanol–water partition coefficient (Wildman–Crippen LogP) is 14.3. The monoisotopic (exact) mass is 741 g/mol. The molecular weight excluding hydrogens is 711 g/mol. The van der Waals surface area contributed by atoms with E-state index in [1.165, 1.54) is 10.8 Å². The van der Waals surface area contributed by atoms with E-state index in [1.807, 2.05) is 30.3 Å². The fourth-order valence-electron chi connectivity index (χ4n) is 8.47. The SMILES string of the molecule is c1ccc(-c2cccc(-c3nc(-c4ccc5ccc6oc7ccccc7c6c5c4)nc(-c4cccc5oc6cc(-c7ccc8ccccc8c7)ccc6c45)n3)c2)cc1. The quantitative estimate of drug-likeness (QED) is 0.176. The Morgan fingerprint density at radius 3 is 1.78 bits per heavy atom. The first-order chi connectivity index (χ1) is 28.7. The van der Waals surface area contributed by atoms with Gasteiger partial charge in [-0.2, -0.15) is 0 Å². The van der Waals surface area contributed by atoms with Gasteiger partial charge in [0.2, 0.25) is 0 Å². The summed E-state index contributed by atoms with van der Waals surface area (Å²) in [6.45, 7) is 0. The standard InChI is InChI=1S/C53H31N3O2/c1-2-10-32(11-3-1)36-14-8-15-39(29-36)51-54-52(40-23-21-34-25-27-47-50(44(34)30-40)41-16-6-7-18-45(41)57-47)56-53(55-51)43-17-9-19-46-49(43)42-26-24-38(31-48(42)58-46)37-22-20-33-12-4-5-13-35(33)28-37/h1-31H. The molecule has 0 radical (unpaired) electrons. The molecule has 0 atom stereocenters. The Bertz CT molecular complexity index is 3580. The molecule has 0 saturated carbocycles. The molecule has 0 N–H and O–H groups in total. The molecule has 0 fully saturated rings. The van der Waals surface area contributed by atoms with Gasteiger partial charge in [0.15, 0.2) is 17.5 Å². The molecule has 5 nitrogen and oxygen atoms in total. The smallest absolute Gasteiger partial charge is 0.164 e. The minimum Gasteiger partial charge on any atom is -0.456 e. The lowest BCUT2D eigenvalue weighted by Crippen LogP contribution is -2.00. The zero-order valence-electron chi connectivity index (χ0n) is 31.1. The summed E-state index contributed by atoms with van der Waals surface area (Å²) in [5.74, 6) is 1.75. The molecule has 9 aromatic carbocycles. The third kappa shape index (κ3) is 5.29. The average molecular weight is 742 g/mol. The lowest BCUT2D eigenvalue weighted by atomic mass is 9.99. The molecule has 0 amide bonds. The van der Waals surface area contributed by atoms with Crippen molar-refractivity contribution in [2.75, 3.05) is 0 Å². The van der Waals surface area contributed by atoms with E-state index in [1.54, 1.807) is 0 Å². The van der Waals surface area contributed by atoms with Crippen LogP contribution in [0.2, 0.25) is 0 Å². The Morgan fingerprint density at radius 1 is 0.276 bits per heavy atom. The van der Waals surface area contributed by atoms with Crippen LogP contribution in [0.5, 0.6) is 0 Å².